The molecule has 21 heavy (non-hydrogen) atoms. The summed E-state index contributed by atoms with van der Waals surface area (Å²) in [5, 5.41) is 3.06. The summed E-state index contributed by atoms with van der Waals surface area (Å²) in [6.07, 6.45) is 0. The van der Waals surface area contributed by atoms with Crippen molar-refractivity contribution in [1.82, 2.24) is 9.55 Å². The van der Waals surface area contributed by atoms with E-state index in [1.807, 2.05) is 26.8 Å². The minimum atomic E-state index is -0.521. The van der Waals surface area contributed by atoms with Gasteiger partial charge in [-0.15, -0.1) is 0 Å². The highest BCUT2D eigenvalue weighted by atomic mass is 16.3. The Labute approximate surface area is 121 Å². The molecule has 1 unspecified atom stereocenters. The van der Waals surface area contributed by atoms with Crippen molar-refractivity contribution in [3.05, 3.63) is 44.0 Å². The summed E-state index contributed by atoms with van der Waals surface area (Å²) < 4.78 is 6.79. The number of nitrogens with zero attached hydrogens (tertiary/aromatic N) is 1. The maximum Gasteiger partial charge on any atom is 0.330 e. The highest BCUT2D eigenvalue weighted by molar-refractivity contribution is 5.61. The third-order valence-electron chi connectivity index (χ3n) is 3.46. The van der Waals surface area contributed by atoms with E-state index in [1.165, 1.54) is 4.57 Å². The Bertz CT molecular complexity index is 770. The van der Waals surface area contributed by atoms with Crippen LogP contribution in [0.1, 0.15) is 37.0 Å². The normalized spacial score (nSPS) is 12.4. The van der Waals surface area contributed by atoms with E-state index < -0.39 is 11.2 Å². The molecule has 0 saturated heterocycles. The monoisotopic (exact) mass is 292 g/mol. The van der Waals surface area contributed by atoms with Gasteiger partial charge in [-0.1, -0.05) is 0 Å². The maximum absolute atomic E-state index is 12.0. The molecule has 2 rings (SSSR count). The SMILES string of the molecule is CCn1c(N)c(NC(C)c2cc(C)oc2C)c(=O)[nH]c1=O. The Balaban J connectivity index is 2.42. The number of hydrogen-bond donors (Lipinski definition) is 3. The molecule has 2 aromatic heterocycles. The first kappa shape index (κ1) is 15.0. The molecule has 0 spiro atoms. The van der Waals surface area contributed by atoms with Gasteiger partial charge >= 0.3 is 5.69 Å². The van der Waals surface area contributed by atoms with Crippen LogP contribution in [0.3, 0.4) is 0 Å². The van der Waals surface area contributed by atoms with Crippen molar-refractivity contribution < 1.29 is 4.42 Å². The smallest absolute Gasteiger partial charge is 0.330 e. The lowest BCUT2D eigenvalue weighted by molar-refractivity contribution is 0.499. The molecule has 0 radical (unpaired) electrons. The molecule has 0 aliphatic rings. The van der Waals surface area contributed by atoms with E-state index >= 15 is 0 Å². The number of aryl methyl sites for hydroxylation is 2. The van der Waals surface area contributed by atoms with Gasteiger partial charge in [0.15, 0.2) is 0 Å². The molecule has 0 saturated carbocycles. The lowest BCUT2D eigenvalue weighted by Gasteiger charge is -2.17. The van der Waals surface area contributed by atoms with Crippen LogP contribution in [0.4, 0.5) is 11.5 Å². The molecule has 0 aliphatic heterocycles. The number of nitrogens with one attached hydrogen (secondary N) is 2. The van der Waals surface area contributed by atoms with Gasteiger partial charge in [0.1, 0.15) is 23.0 Å². The quantitative estimate of drug-likeness (QED) is 0.792. The molecule has 2 heterocycles. The van der Waals surface area contributed by atoms with E-state index in [9.17, 15) is 9.59 Å². The fraction of sp³-hybridized carbons (Fsp3) is 0.429. The van der Waals surface area contributed by atoms with Crippen molar-refractivity contribution in [2.45, 2.75) is 40.3 Å². The topological polar surface area (TPSA) is 106 Å². The molecule has 1 atom stereocenters. The van der Waals surface area contributed by atoms with Crippen molar-refractivity contribution >= 4 is 11.5 Å². The third-order valence-corrected chi connectivity index (χ3v) is 3.46. The van der Waals surface area contributed by atoms with Crippen LogP contribution in [-0.4, -0.2) is 9.55 Å². The first-order chi connectivity index (χ1) is 9.85. The lowest BCUT2D eigenvalue weighted by atomic mass is 10.1. The number of nitrogen functional groups attached to an aromatic ring is 1. The molecule has 2 aromatic rings. The first-order valence-corrected chi connectivity index (χ1v) is 6.81. The lowest BCUT2D eigenvalue weighted by Crippen LogP contribution is -2.34. The zero-order valence-electron chi connectivity index (χ0n) is 12.6. The Morgan fingerprint density at radius 3 is 2.62 bits per heavy atom. The largest absolute Gasteiger partial charge is 0.466 e. The molecular weight excluding hydrogens is 272 g/mol. The van der Waals surface area contributed by atoms with E-state index in [-0.39, 0.29) is 17.5 Å². The maximum atomic E-state index is 12.0. The van der Waals surface area contributed by atoms with Crippen LogP contribution in [0.2, 0.25) is 0 Å². The molecule has 0 bridgehead atoms. The van der Waals surface area contributed by atoms with E-state index in [0.717, 1.165) is 17.1 Å². The average Bonchev–Trinajstić information content (AvgIpc) is 2.73. The van der Waals surface area contributed by atoms with Crippen LogP contribution in [0.25, 0.3) is 0 Å². The van der Waals surface area contributed by atoms with Crippen LogP contribution in [0.5, 0.6) is 0 Å². The molecule has 7 heteroatoms. The highest BCUT2D eigenvalue weighted by Crippen LogP contribution is 2.25. The van der Waals surface area contributed by atoms with Gasteiger partial charge in [0.25, 0.3) is 5.56 Å². The predicted octanol–water partition coefficient (Wildman–Crippen LogP) is 1.52. The summed E-state index contributed by atoms with van der Waals surface area (Å²) in [6.45, 7) is 7.79. The summed E-state index contributed by atoms with van der Waals surface area (Å²) in [7, 11) is 0. The Morgan fingerprint density at radius 1 is 1.43 bits per heavy atom. The molecule has 7 nitrogen and oxygen atoms in total. The Morgan fingerprint density at radius 2 is 2.10 bits per heavy atom. The molecule has 0 aliphatic carbocycles. The summed E-state index contributed by atoms with van der Waals surface area (Å²) in [6, 6.07) is 1.74. The van der Waals surface area contributed by atoms with Gasteiger partial charge in [-0.2, -0.15) is 0 Å². The molecule has 0 amide bonds. The number of furan rings is 1. The van der Waals surface area contributed by atoms with Crippen molar-refractivity contribution in [3.63, 3.8) is 0 Å². The molecule has 0 fully saturated rings. The second kappa shape index (κ2) is 5.51. The Hall–Kier alpha value is -2.44. The highest BCUT2D eigenvalue weighted by Gasteiger charge is 2.17. The van der Waals surface area contributed by atoms with Crippen molar-refractivity contribution in [2.75, 3.05) is 11.1 Å². The zero-order valence-corrected chi connectivity index (χ0v) is 12.6. The first-order valence-electron chi connectivity index (χ1n) is 6.81. The second-order valence-corrected chi connectivity index (χ2v) is 5.00. The van der Waals surface area contributed by atoms with Crippen LogP contribution < -0.4 is 22.3 Å². The number of H-pyrrole nitrogens is 1. The Kier molecular flexibility index (Phi) is 3.93. The van der Waals surface area contributed by atoms with E-state index in [4.69, 9.17) is 10.2 Å². The minimum Gasteiger partial charge on any atom is -0.466 e. The average molecular weight is 292 g/mol. The van der Waals surface area contributed by atoms with Crippen molar-refractivity contribution in [2.24, 2.45) is 0 Å². The number of rotatable bonds is 4. The summed E-state index contributed by atoms with van der Waals surface area (Å²) in [5.41, 5.74) is 6.04. The molecule has 0 aromatic carbocycles. The fourth-order valence-corrected chi connectivity index (χ4v) is 2.42. The van der Waals surface area contributed by atoms with Gasteiger partial charge < -0.3 is 15.5 Å². The third kappa shape index (κ3) is 2.72. The van der Waals surface area contributed by atoms with E-state index in [1.54, 1.807) is 6.92 Å². The van der Waals surface area contributed by atoms with Gasteiger partial charge in [0, 0.05) is 12.1 Å². The van der Waals surface area contributed by atoms with Crippen LogP contribution in [0.15, 0.2) is 20.1 Å². The van der Waals surface area contributed by atoms with E-state index in [0.29, 0.717) is 6.54 Å². The van der Waals surface area contributed by atoms with Crippen LogP contribution in [-0.2, 0) is 6.54 Å². The van der Waals surface area contributed by atoms with Gasteiger partial charge in [0.05, 0.1) is 6.04 Å². The zero-order chi connectivity index (χ0) is 15.7. The van der Waals surface area contributed by atoms with Gasteiger partial charge in [-0.3, -0.25) is 14.3 Å². The number of anilines is 2. The van der Waals surface area contributed by atoms with Gasteiger partial charge in [-0.25, -0.2) is 4.79 Å². The summed E-state index contributed by atoms with van der Waals surface area (Å²) in [4.78, 5) is 25.9. The molecule has 4 N–H and O–H groups in total. The molecule has 114 valence electrons. The van der Waals surface area contributed by atoms with Crippen molar-refractivity contribution in [1.29, 1.82) is 0 Å². The standard InChI is InChI=1S/C14H20N4O3/c1-5-18-12(15)11(13(19)17-14(18)20)16-8(3)10-6-7(2)21-9(10)4/h6,8,16H,5,15H2,1-4H3,(H,17,19,20). The number of hydrogen-bond acceptors (Lipinski definition) is 5. The van der Waals surface area contributed by atoms with Crippen LogP contribution in [0, 0.1) is 13.8 Å². The van der Waals surface area contributed by atoms with Gasteiger partial charge in [-0.05, 0) is 33.8 Å². The number of aromatic amines is 1. The summed E-state index contributed by atoms with van der Waals surface area (Å²) in [5.74, 6) is 1.72. The number of aromatic nitrogens is 2. The minimum absolute atomic E-state index is 0.135. The summed E-state index contributed by atoms with van der Waals surface area (Å²) >= 11 is 0. The fourth-order valence-electron chi connectivity index (χ4n) is 2.42. The second-order valence-electron chi connectivity index (χ2n) is 5.00. The molecular formula is C14H20N4O3. The van der Waals surface area contributed by atoms with Gasteiger partial charge in [0.2, 0.25) is 0 Å². The number of nitrogens with two attached hydrogens (primary N) is 1. The van der Waals surface area contributed by atoms with Crippen molar-refractivity contribution in [3.8, 4) is 0 Å². The van der Waals surface area contributed by atoms with E-state index in [2.05, 4.69) is 10.3 Å². The van der Waals surface area contributed by atoms with Crippen LogP contribution >= 0.6 is 0 Å². The predicted molar refractivity (Wildman–Crippen MR) is 81.6 cm³/mol.